The number of nitrogens with zero attached hydrogens (tertiary/aromatic N) is 2. The van der Waals surface area contributed by atoms with E-state index in [0.717, 1.165) is 5.52 Å². The Morgan fingerprint density at radius 1 is 1.36 bits per heavy atom. The molecule has 0 radical (unpaired) electrons. The molecule has 1 aromatic carbocycles. The molecule has 0 aliphatic carbocycles. The van der Waals surface area contributed by atoms with Gasteiger partial charge in [-0.2, -0.15) is 0 Å². The molecule has 0 saturated heterocycles. The number of aromatic amines is 1. The second kappa shape index (κ2) is 3.21. The summed E-state index contributed by atoms with van der Waals surface area (Å²) >= 11 is 0. The van der Waals surface area contributed by atoms with E-state index in [1.807, 2.05) is 0 Å². The molecule has 2 N–H and O–H groups in total. The van der Waals surface area contributed by atoms with Crippen LogP contribution in [0.2, 0.25) is 0 Å². The van der Waals surface area contributed by atoms with Gasteiger partial charge < -0.3 is 5.11 Å². The first-order valence-electron chi connectivity index (χ1n) is 2.86. The van der Waals surface area contributed by atoms with Gasteiger partial charge in [-0.3, -0.25) is 5.10 Å². The molecule has 4 nitrogen and oxygen atoms in total. The van der Waals surface area contributed by atoms with Crippen LogP contribution in [-0.2, 0) is 0 Å². The molecule has 2 aromatic rings. The van der Waals surface area contributed by atoms with E-state index in [0.29, 0.717) is 5.52 Å². The number of rotatable bonds is 0. The zero-order valence-corrected chi connectivity index (χ0v) is 5.07. The van der Waals surface area contributed by atoms with Crippen LogP contribution in [0.15, 0.2) is 18.2 Å². The van der Waals surface area contributed by atoms with Crippen LogP contribution in [0, 0.1) is 0 Å². The Labute approximate surface area is 84.9 Å². The standard InChI is InChI=1S/C6H5N3O.Na.H/c10-5-3-1-2-4-6(5)8-9-7-4;;/h1-3,10H,(H,7,8,9);;. The summed E-state index contributed by atoms with van der Waals surface area (Å²) in [6.45, 7) is 0. The average Bonchev–Trinajstić information content (AvgIpc) is 2.36. The number of nitrogens with one attached hydrogen (secondary N) is 1. The number of hydrogen-bond acceptors (Lipinski definition) is 3. The van der Waals surface area contributed by atoms with Gasteiger partial charge in [-0.05, 0) is 12.1 Å². The molecule has 0 saturated carbocycles. The fourth-order valence-corrected chi connectivity index (χ4v) is 0.856. The fourth-order valence-electron chi connectivity index (χ4n) is 0.856. The second-order valence-electron chi connectivity index (χ2n) is 1.99. The van der Waals surface area contributed by atoms with Gasteiger partial charge in [-0.25, -0.2) is 0 Å². The zero-order valence-electron chi connectivity index (χ0n) is 5.07. The van der Waals surface area contributed by atoms with Gasteiger partial charge in [0, 0.05) is 0 Å². The molecule has 0 bridgehead atoms. The predicted molar refractivity (Wildman–Crippen MR) is 42.7 cm³/mol. The van der Waals surface area contributed by atoms with Crippen LogP contribution in [-0.4, -0.2) is 50.1 Å². The van der Waals surface area contributed by atoms with E-state index >= 15 is 0 Å². The maximum absolute atomic E-state index is 9.14. The number of hydrogen-bond donors (Lipinski definition) is 2. The average molecular weight is 159 g/mol. The van der Waals surface area contributed by atoms with Crippen molar-refractivity contribution in [2.45, 2.75) is 0 Å². The van der Waals surface area contributed by atoms with E-state index in [2.05, 4.69) is 15.4 Å². The van der Waals surface area contributed by atoms with E-state index in [1.54, 1.807) is 18.2 Å². The Hall–Kier alpha value is -0.580. The van der Waals surface area contributed by atoms with E-state index in [9.17, 15) is 0 Å². The molecule has 0 aliphatic rings. The number of aromatic hydroxyl groups is 1. The summed E-state index contributed by atoms with van der Waals surface area (Å²) in [5.41, 5.74) is 1.27. The van der Waals surface area contributed by atoms with Crippen LogP contribution >= 0.6 is 0 Å². The first-order valence-corrected chi connectivity index (χ1v) is 2.86. The Morgan fingerprint density at radius 3 is 2.91 bits per heavy atom. The van der Waals surface area contributed by atoms with Gasteiger partial charge in [-0.15, -0.1) is 5.10 Å². The molecule has 0 atom stereocenters. The van der Waals surface area contributed by atoms with E-state index in [4.69, 9.17) is 5.11 Å². The van der Waals surface area contributed by atoms with Crippen molar-refractivity contribution >= 4 is 40.6 Å². The molecule has 0 fully saturated rings. The van der Waals surface area contributed by atoms with E-state index < -0.39 is 0 Å². The van der Waals surface area contributed by atoms with Gasteiger partial charge in [0.15, 0.2) is 5.52 Å². The Morgan fingerprint density at radius 2 is 2.18 bits per heavy atom. The van der Waals surface area contributed by atoms with Gasteiger partial charge in [0.2, 0.25) is 0 Å². The van der Waals surface area contributed by atoms with Crippen molar-refractivity contribution < 1.29 is 5.11 Å². The normalized spacial score (nSPS) is 9.45. The summed E-state index contributed by atoms with van der Waals surface area (Å²) in [5.74, 6) is 0.159. The van der Waals surface area contributed by atoms with E-state index in [1.165, 1.54) is 0 Å². The van der Waals surface area contributed by atoms with Crippen LogP contribution in [0.3, 0.4) is 0 Å². The monoisotopic (exact) mass is 159 g/mol. The Bertz CT molecular complexity index is 359. The topological polar surface area (TPSA) is 61.8 Å². The Balaban J connectivity index is 0.000000605. The third-order valence-electron chi connectivity index (χ3n) is 1.34. The number of aromatic nitrogens is 3. The zero-order chi connectivity index (χ0) is 6.97. The molecule has 1 heterocycles. The molecule has 2 rings (SSSR count). The molecule has 0 spiro atoms. The molecule has 0 amide bonds. The molecule has 5 heteroatoms. The van der Waals surface area contributed by atoms with Crippen molar-refractivity contribution in [2.24, 2.45) is 0 Å². The summed E-state index contributed by atoms with van der Waals surface area (Å²) < 4.78 is 0. The third-order valence-corrected chi connectivity index (χ3v) is 1.34. The quantitative estimate of drug-likeness (QED) is 0.532. The summed E-state index contributed by atoms with van der Waals surface area (Å²) in [4.78, 5) is 0. The number of fused-ring (bicyclic) bond motifs is 1. The number of phenols is 1. The van der Waals surface area contributed by atoms with Crippen molar-refractivity contribution in [3.05, 3.63) is 18.2 Å². The van der Waals surface area contributed by atoms with Gasteiger partial charge in [0.05, 0.1) is 5.52 Å². The van der Waals surface area contributed by atoms with Crippen molar-refractivity contribution in [3.63, 3.8) is 0 Å². The molecular weight excluding hydrogens is 153 g/mol. The van der Waals surface area contributed by atoms with Crippen LogP contribution in [0.1, 0.15) is 0 Å². The van der Waals surface area contributed by atoms with Crippen LogP contribution in [0.25, 0.3) is 11.0 Å². The summed E-state index contributed by atoms with van der Waals surface area (Å²) in [6, 6.07) is 5.11. The molecule has 11 heavy (non-hydrogen) atoms. The van der Waals surface area contributed by atoms with Gasteiger partial charge in [0.25, 0.3) is 0 Å². The van der Waals surface area contributed by atoms with Crippen LogP contribution in [0.4, 0.5) is 0 Å². The second-order valence-corrected chi connectivity index (χ2v) is 1.99. The summed E-state index contributed by atoms with van der Waals surface area (Å²) in [5, 5.41) is 19.0. The number of phenolic OH excluding ortho intramolecular Hbond substituents is 1. The molecule has 0 aliphatic heterocycles. The Kier molecular flexibility index (Phi) is 2.49. The minimum atomic E-state index is 0. The van der Waals surface area contributed by atoms with Gasteiger partial charge in [0.1, 0.15) is 5.75 Å². The number of benzene rings is 1. The van der Waals surface area contributed by atoms with Crippen molar-refractivity contribution in [2.75, 3.05) is 0 Å². The first kappa shape index (κ1) is 8.52. The van der Waals surface area contributed by atoms with Gasteiger partial charge in [-0.1, -0.05) is 11.3 Å². The minimum absolute atomic E-state index is 0. The molecule has 1 aromatic heterocycles. The maximum atomic E-state index is 9.14. The molecular formula is C6H6N3NaO. The van der Waals surface area contributed by atoms with Gasteiger partial charge >= 0.3 is 29.6 Å². The van der Waals surface area contributed by atoms with Crippen molar-refractivity contribution in [1.29, 1.82) is 0 Å². The van der Waals surface area contributed by atoms with Crippen molar-refractivity contribution in [1.82, 2.24) is 15.4 Å². The van der Waals surface area contributed by atoms with E-state index in [-0.39, 0.29) is 35.3 Å². The molecule has 52 valence electrons. The van der Waals surface area contributed by atoms with Crippen LogP contribution < -0.4 is 0 Å². The molecule has 0 unspecified atom stereocenters. The third kappa shape index (κ3) is 1.38. The van der Waals surface area contributed by atoms with Crippen LogP contribution in [0.5, 0.6) is 5.75 Å². The number of H-pyrrole nitrogens is 1. The first-order chi connectivity index (χ1) is 4.88. The summed E-state index contributed by atoms with van der Waals surface area (Å²) in [6.07, 6.45) is 0. The summed E-state index contributed by atoms with van der Waals surface area (Å²) in [7, 11) is 0. The predicted octanol–water partition coefficient (Wildman–Crippen LogP) is 0.0150. The fraction of sp³-hybridized carbons (Fsp3) is 0. The SMILES string of the molecule is Oc1cccc2[nH]nnc12.[NaH]. The van der Waals surface area contributed by atoms with Crippen molar-refractivity contribution in [3.8, 4) is 5.75 Å².